The molecule has 0 unspecified atom stereocenters. The molecule has 0 spiro atoms. The molecule has 1 aromatic carbocycles. The Labute approximate surface area is 153 Å². The third-order valence-corrected chi connectivity index (χ3v) is 3.76. The molecule has 0 amide bonds. The molecule has 0 radical (unpaired) electrons. The lowest BCUT2D eigenvalue weighted by atomic mass is 10.1. The Bertz CT molecular complexity index is 641. The van der Waals surface area contributed by atoms with E-state index in [2.05, 4.69) is 4.98 Å². The van der Waals surface area contributed by atoms with Crippen LogP contribution in [0.2, 0.25) is 0 Å². The van der Waals surface area contributed by atoms with Gasteiger partial charge in [0.25, 0.3) is 0 Å². The van der Waals surface area contributed by atoms with Gasteiger partial charge < -0.3 is 9.47 Å². The molecule has 2 aromatic rings. The maximum absolute atomic E-state index is 12.2. The molecule has 0 atom stereocenters. The summed E-state index contributed by atoms with van der Waals surface area (Å²) < 4.78 is 10.9. The number of nitrogens with zero attached hydrogens (tertiary/aromatic N) is 1. The van der Waals surface area contributed by atoms with Crippen LogP contribution in [0.1, 0.15) is 49.7 Å². The van der Waals surface area contributed by atoms with Gasteiger partial charge in [0.05, 0.1) is 18.7 Å². The van der Waals surface area contributed by atoms with Crippen molar-refractivity contribution in [3.63, 3.8) is 0 Å². The zero-order valence-electron chi connectivity index (χ0n) is 15.0. The van der Waals surface area contributed by atoms with Crippen molar-refractivity contribution in [3.05, 3.63) is 46.4 Å². The van der Waals surface area contributed by atoms with Crippen molar-refractivity contribution in [2.75, 3.05) is 19.8 Å². The van der Waals surface area contributed by atoms with E-state index in [1.54, 1.807) is 35.2 Å². The van der Waals surface area contributed by atoms with E-state index in [1.807, 2.05) is 20.8 Å². The van der Waals surface area contributed by atoms with Crippen molar-refractivity contribution in [2.45, 2.75) is 33.6 Å². The summed E-state index contributed by atoms with van der Waals surface area (Å²) in [5.74, 6) is 0.685. The number of carbonyl (C=O) groups excluding carboxylic acids is 2. The minimum Gasteiger partial charge on any atom is -0.491 e. The van der Waals surface area contributed by atoms with Crippen LogP contribution in [0.3, 0.4) is 0 Å². The van der Waals surface area contributed by atoms with Crippen molar-refractivity contribution in [1.82, 2.24) is 4.98 Å². The molecule has 6 heteroatoms. The van der Waals surface area contributed by atoms with Crippen LogP contribution in [-0.4, -0.2) is 36.4 Å². The standard InChI is InChI=1S/C17H19NO4S.C2H6/c1-2-14(19)6-7-21-8-9-22-15-5-3-4-13(10-15)17(20)16-11-23-12-18-16;1-2/h3-5,10-12H,2,6-9H2,1H3;1-2H3. The fraction of sp³-hybridized carbons (Fsp3) is 0.421. The molecule has 1 heterocycles. The second kappa shape index (κ2) is 12.3. The average Bonchev–Trinajstić information content (AvgIpc) is 3.20. The van der Waals surface area contributed by atoms with E-state index >= 15 is 0 Å². The summed E-state index contributed by atoms with van der Waals surface area (Å²) in [6, 6.07) is 7.00. The number of thiazole rings is 1. The lowest BCUT2D eigenvalue weighted by Gasteiger charge is -2.08. The minimum atomic E-state index is -0.119. The Morgan fingerprint density at radius 1 is 1.16 bits per heavy atom. The largest absolute Gasteiger partial charge is 0.491 e. The van der Waals surface area contributed by atoms with Crippen LogP contribution in [0.25, 0.3) is 0 Å². The van der Waals surface area contributed by atoms with E-state index in [4.69, 9.17) is 9.47 Å². The molecule has 2 rings (SSSR count). The minimum absolute atomic E-state index is 0.119. The molecule has 0 saturated heterocycles. The topological polar surface area (TPSA) is 65.5 Å². The second-order valence-electron chi connectivity index (χ2n) is 4.83. The van der Waals surface area contributed by atoms with E-state index in [0.717, 1.165) is 0 Å². The monoisotopic (exact) mass is 363 g/mol. The number of ether oxygens (including phenoxy) is 2. The summed E-state index contributed by atoms with van der Waals surface area (Å²) in [6.07, 6.45) is 0.980. The van der Waals surface area contributed by atoms with E-state index in [-0.39, 0.29) is 11.6 Å². The molecule has 0 fully saturated rings. The number of hydrogen-bond acceptors (Lipinski definition) is 6. The van der Waals surface area contributed by atoms with Crippen LogP contribution in [0.15, 0.2) is 35.2 Å². The first kappa shape index (κ1) is 21.0. The van der Waals surface area contributed by atoms with Gasteiger partial charge in [-0.2, -0.15) is 0 Å². The SMILES string of the molecule is CC.CCC(=O)CCOCCOc1cccc(C(=O)c2cscn2)c1. The van der Waals surface area contributed by atoms with Crippen molar-refractivity contribution >= 4 is 22.9 Å². The zero-order valence-corrected chi connectivity index (χ0v) is 15.8. The molecule has 1 aromatic heterocycles. The number of aromatic nitrogens is 1. The Hall–Kier alpha value is -2.05. The molecule has 0 bridgehead atoms. The second-order valence-corrected chi connectivity index (χ2v) is 5.55. The molecule has 136 valence electrons. The van der Waals surface area contributed by atoms with Gasteiger partial charge in [-0.1, -0.05) is 32.9 Å². The molecule has 25 heavy (non-hydrogen) atoms. The Balaban J connectivity index is 0.00000151. The molecule has 0 aliphatic carbocycles. The lowest BCUT2D eigenvalue weighted by molar-refractivity contribution is -0.119. The smallest absolute Gasteiger partial charge is 0.212 e. The molecular weight excluding hydrogens is 338 g/mol. The van der Waals surface area contributed by atoms with Crippen molar-refractivity contribution in [3.8, 4) is 5.75 Å². The van der Waals surface area contributed by atoms with Gasteiger partial charge in [-0.25, -0.2) is 4.98 Å². The van der Waals surface area contributed by atoms with Crippen LogP contribution < -0.4 is 4.74 Å². The highest BCUT2D eigenvalue weighted by Gasteiger charge is 2.11. The van der Waals surface area contributed by atoms with Gasteiger partial charge in [-0.15, -0.1) is 11.3 Å². The summed E-state index contributed by atoms with van der Waals surface area (Å²) in [7, 11) is 0. The first-order valence-electron chi connectivity index (χ1n) is 8.46. The molecular formula is C19H25NO4S. The summed E-state index contributed by atoms with van der Waals surface area (Å²) in [5, 5.41) is 1.72. The maximum Gasteiger partial charge on any atom is 0.212 e. The highest BCUT2D eigenvalue weighted by atomic mass is 32.1. The van der Waals surface area contributed by atoms with Gasteiger partial charge in [-0.05, 0) is 12.1 Å². The predicted octanol–water partition coefficient (Wildman–Crippen LogP) is 4.16. The van der Waals surface area contributed by atoms with E-state index in [0.29, 0.717) is 49.7 Å². The van der Waals surface area contributed by atoms with Gasteiger partial charge in [0, 0.05) is 23.8 Å². The van der Waals surface area contributed by atoms with Gasteiger partial charge in [0.1, 0.15) is 23.8 Å². The van der Waals surface area contributed by atoms with Gasteiger partial charge in [-0.3, -0.25) is 9.59 Å². The quantitative estimate of drug-likeness (QED) is 0.468. The van der Waals surface area contributed by atoms with Gasteiger partial charge >= 0.3 is 0 Å². The number of hydrogen-bond donors (Lipinski definition) is 0. The normalized spacial score (nSPS) is 9.88. The van der Waals surface area contributed by atoms with Crippen LogP contribution in [0.4, 0.5) is 0 Å². The fourth-order valence-corrected chi connectivity index (χ4v) is 2.42. The summed E-state index contributed by atoms with van der Waals surface area (Å²) in [4.78, 5) is 27.3. The lowest BCUT2D eigenvalue weighted by Crippen LogP contribution is -2.10. The van der Waals surface area contributed by atoms with Crippen molar-refractivity contribution in [1.29, 1.82) is 0 Å². The number of benzene rings is 1. The van der Waals surface area contributed by atoms with E-state index in [9.17, 15) is 9.59 Å². The number of rotatable bonds is 10. The summed E-state index contributed by atoms with van der Waals surface area (Å²) in [6.45, 7) is 7.03. The number of Topliss-reactive ketones (excluding diaryl/α,β-unsaturated/α-hetero) is 1. The number of ketones is 2. The first-order chi connectivity index (χ1) is 12.2. The third kappa shape index (κ3) is 7.58. The van der Waals surface area contributed by atoms with Crippen LogP contribution >= 0.6 is 11.3 Å². The van der Waals surface area contributed by atoms with E-state index < -0.39 is 0 Å². The number of carbonyl (C=O) groups is 2. The Kier molecular flexibility index (Phi) is 10.4. The Morgan fingerprint density at radius 2 is 1.96 bits per heavy atom. The summed E-state index contributed by atoms with van der Waals surface area (Å²) in [5.41, 5.74) is 2.62. The zero-order chi connectivity index (χ0) is 18.5. The van der Waals surface area contributed by atoms with Gasteiger partial charge in [0.2, 0.25) is 5.78 Å². The van der Waals surface area contributed by atoms with E-state index in [1.165, 1.54) is 11.3 Å². The van der Waals surface area contributed by atoms with Gasteiger partial charge in [0.15, 0.2) is 0 Å². The molecule has 0 aliphatic rings. The predicted molar refractivity (Wildman–Crippen MR) is 99.6 cm³/mol. The molecule has 0 saturated carbocycles. The van der Waals surface area contributed by atoms with Crippen molar-refractivity contribution in [2.24, 2.45) is 0 Å². The maximum atomic E-state index is 12.2. The summed E-state index contributed by atoms with van der Waals surface area (Å²) >= 11 is 1.39. The third-order valence-electron chi connectivity index (χ3n) is 3.18. The molecule has 0 N–H and O–H groups in total. The van der Waals surface area contributed by atoms with Crippen molar-refractivity contribution < 1.29 is 19.1 Å². The highest BCUT2D eigenvalue weighted by molar-refractivity contribution is 7.07. The average molecular weight is 363 g/mol. The molecule has 0 aliphatic heterocycles. The van der Waals surface area contributed by atoms with Crippen LogP contribution in [0.5, 0.6) is 5.75 Å². The van der Waals surface area contributed by atoms with Crippen LogP contribution in [-0.2, 0) is 9.53 Å². The Morgan fingerprint density at radius 3 is 2.64 bits per heavy atom. The first-order valence-corrected chi connectivity index (χ1v) is 9.40. The van der Waals surface area contributed by atoms with Crippen LogP contribution in [0, 0.1) is 0 Å². The highest BCUT2D eigenvalue weighted by Crippen LogP contribution is 2.16. The fourth-order valence-electron chi connectivity index (χ4n) is 1.88. The molecule has 5 nitrogen and oxygen atoms in total.